The van der Waals surface area contributed by atoms with Crippen LogP contribution in [-0.4, -0.2) is 35.8 Å². The highest BCUT2D eigenvalue weighted by atomic mass is 16.2. The average Bonchev–Trinajstić information content (AvgIpc) is 2.13. The molecule has 3 rings (SSSR count). The fraction of sp³-hybridized carbons (Fsp3) is 0.714. The molecule has 3 saturated heterocycles. The number of fused-ring (bicyclic) bond motifs is 3. The molecule has 60 valence electrons. The van der Waals surface area contributed by atoms with E-state index in [0.29, 0.717) is 12.5 Å². The summed E-state index contributed by atoms with van der Waals surface area (Å²) in [5.74, 6) is -0.266. The van der Waals surface area contributed by atoms with Crippen LogP contribution in [0.2, 0.25) is 0 Å². The van der Waals surface area contributed by atoms with Gasteiger partial charge in [-0.3, -0.25) is 19.8 Å². The topological polar surface area (TPSA) is 49.4 Å². The Balaban J connectivity index is 2.20. The molecule has 0 aromatic heterocycles. The Morgan fingerprint density at radius 3 is 2.91 bits per heavy atom. The zero-order valence-electron chi connectivity index (χ0n) is 6.33. The average molecular weight is 154 g/mol. The van der Waals surface area contributed by atoms with Gasteiger partial charge in [0.05, 0.1) is 6.04 Å². The third-order valence-electron chi connectivity index (χ3n) is 2.55. The van der Waals surface area contributed by atoms with E-state index in [4.69, 9.17) is 0 Å². The van der Waals surface area contributed by atoms with Gasteiger partial charge in [-0.05, 0) is 13.5 Å². The van der Waals surface area contributed by atoms with E-state index in [1.54, 1.807) is 0 Å². The largest absolute Gasteiger partial charge is 0.295 e. The van der Waals surface area contributed by atoms with Crippen molar-refractivity contribution in [1.82, 2.24) is 10.2 Å². The van der Waals surface area contributed by atoms with Gasteiger partial charge in [0.1, 0.15) is 0 Å². The summed E-state index contributed by atoms with van der Waals surface area (Å²) in [5.41, 5.74) is 0. The van der Waals surface area contributed by atoms with E-state index in [1.165, 1.54) is 0 Å². The maximum Gasteiger partial charge on any atom is 0.243 e. The van der Waals surface area contributed by atoms with Gasteiger partial charge in [0.15, 0.2) is 0 Å². The van der Waals surface area contributed by atoms with Gasteiger partial charge in [0.25, 0.3) is 0 Å². The Hall–Kier alpha value is -0.900. The maximum absolute atomic E-state index is 11.1. The van der Waals surface area contributed by atoms with Gasteiger partial charge in [-0.1, -0.05) is 0 Å². The predicted molar refractivity (Wildman–Crippen MR) is 37.7 cm³/mol. The third-order valence-corrected chi connectivity index (χ3v) is 2.55. The van der Waals surface area contributed by atoms with Gasteiger partial charge in [-0.15, -0.1) is 0 Å². The van der Waals surface area contributed by atoms with Gasteiger partial charge in [0, 0.05) is 12.5 Å². The van der Waals surface area contributed by atoms with Gasteiger partial charge < -0.3 is 0 Å². The molecule has 3 aliphatic heterocycles. The number of rotatable bonds is 0. The van der Waals surface area contributed by atoms with E-state index < -0.39 is 0 Å². The second-order valence-electron chi connectivity index (χ2n) is 3.19. The highest BCUT2D eigenvalue weighted by Crippen LogP contribution is 2.28. The van der Waals surface area contributed by atoms with Crippen LogP contribution in [0.5, 0.6) is 0 Å². The van der Waals surface area contributed by atoms with Gasteiger partial charge in [0.2, 0.25) is 11.8 Å². The number of carbonyl (C=O) groups excluding carboxylic acids is 2. The first-order chi connectivity index (χ1) is 5.18. The summed E-state index contributed by atoms with van der Waals surface area (Å²) < 4.78 is 0. The second-order valence-corrected chi connectivity index (χ2v) is 3.19. The number of carbonyl (C=O) groups is 2. The number of amides is 2. The van der Waals surface area contributed by atoms with Crippen molar-refractivity contribution >= 4 is 11.8 Å². The second kappa shape index (κ2) is 2.04. The molecule has 3 fully saturated rings. The molecule has 0 radical (unpaired) electrons. The number of nitrogens with one attached hydrogen (secondary N) is 1. The van der Waals surface area contributed by atoms with Crippen molar-refractivity contribution in [3.8, 4) is 0 Å². The minimum Gasteiger partial charge on any atom is -0.295 e. The van der Waals surface area contributed by atoms with Crippen LogP contribution in [-0.2, 0) is 9.59 Å². The number of hydrogen-bond acceptors (Lipinski definition) is 3. The lowest BCUT2D eigenvalue weighted by Crippen LogP contribution is -2.56. The lowest BCUT2D eigenvalue weighted by molar-refractivity contribution is -0.132. The molecule has 2 bridgehead atoms. The minimum atomic E-state index is -0.133. The van der Waals surface area contributed by atoms with Crippen molar-refractivity contribution in [3.63, 3.8) is 0 Å². The normalized spacial score (nSPS) is 37.5. The van der Waals surface area contributed by atoms with E-state index >= 15 is 0 Å². The van der Waals surface area contributed by atoms with Crippen molar-refractivity contribution in [1.29, 1.82) is 0 Å². The van der Waals surface area contributed by atoms with Gasteiger partial charge >= 0.3 is 0 Å². The highest BCUT2D eigenvalue weighted by Gasteiger charge is 2.44. The Kier molecular flexibility index (Phi) is 1.26. The number of nitrogens with zero attached hydrogens (tertiary/aromatic N) is 1. The van der Waals surface area contributed by atoms with Crippen LogP contribution in [0.15, 0.2) is 0 Å². The summed E-state index contributed by atoms with van der Waals surface area (Å²) in [6, 6.07) is 0.248. The van der Waals surface area contributed by atoms with E-state index in [0.717, 1.165) is 6.42 Å². The predicted octanol–water partition coefficient (Wildman–Crippen LogP) is -0.894. The molecule has 3 aliphatic rings. The van der Waals surface area contributed by atoms with E-state index in [9.17, 15) is 9.59 Å². The van der Waals surface area contributed by atoms with Crippen LogP contribution in [0.3, 0.4) is 0 Å². The highest BCUT2D eigenvalue weighted by molar-refractivity contribution is 6.00. The summed E-state index contributed by atoms with van der Waals surface area (Å²) >= 11 is 0. The molecule has 4 heteroatoms. The number of hydrogen-bond donors (Lipinski definition) is 1. The molecule has 1 N–H and O–H groups in total. The lowest BCUT2D eigenvalue weighted by Gasteiger charge is -2.41. The summed E-state index contributed by atoms with van der Waals surface area (Å²) in [5, 5.41) is 2.34. The molecule has 2 atom stereocenters. The van der Waals surface area contributed by atoms with E-state index in [2.05, 4.69) is 5.32 Å². The molecule has 3 heterocycles. The molecule has 0 aliphatic carbocycles. The fourth-order valence-electron chi connectivity index (χ4n) is 1.71. The van der Waals surface area contributed by atoms with Crippen molar-refractivity contribution in [2.75, 3.05) is 7.05 Å². The third kappa shape index (κ3) is 0.860. The molecular formula is C7H10N2O2. The van der Waals surface area contributed by atoms with Crippen molar-refractivity contribution in [2.45, 2.75) is 24.9 Å². The first-order valence-electron chi connectivity index (χ1n) is 3.74. The molecule has 2 unspecified atom stereocenters. The minimum absolute atomic E-state index is 0.0496. The summed E-state index contributed by atoms with van der Waals surface area (Å²) in [7, 11) is 1.89. The Labute approximate surface area is 64.5 Å². The summed E-state index contributed by atoms with van der Waals surface area (Å²) in [6.45, 7) is 0. The van der Waals surface area contributed by atoms with Crippen LogP contribution in [0.25, 0.3) is 0 Å². The molecule has 2 amide bonds. The Morgan fingerprint density at radius 1 is 1.55 bits per heavy atom. The molecule has 0 aromatic rings. The lowest BCUT2D eigenvalue weighted by atomic mass is 9.93. The van der Waals surface area contributed by atoms with Gasteiger partial charge in [-0.25, -0.2) is 0 Å². The first-order valence-corrected chi connectivity index (χ1v) is 3.74. The Bertz CT molecular complexity index is 226. The smallest absolute Gasteiger partial charge is 0.243 e. The molecule has 0 spiro atoms. The maximum atomic E-state index is 11.1. The Morgan fingerprint density at radius 2 is 2.27 bits per heavy atom. The van der Waals surface area contributed by atoms with Crippen molar-refractivity contribution < 1.29 is 9.59 Å². The summed E-state index contributed by atoms with van der Waals surface area (Å²) in [4.78, 5) is 24.0. The zero-order chi connectivity index (χ0) is 8.01. The van der Waals surface area contributed by atoms with E-state index in [1.807, 2.05) is 11.9 Å². The van der Waals surface area contributed by atoms with Crippen LogP contribution in [0.4, 0.5) is 0 Å². The molecule has 4 nitrogen and oxygen atoms in total. The van der Waals surface area contributed by atoms with Crippen molar-refractivity contribution in [3.05, 3.63) is 0 Å². The quantitative estimate of drug-likeness (QED) is 0.460. The standard InChI is InChI=1S/C7H10N2O2/c1-9-4-2-5(9)7(11)8-6(10)3-4/h4-5H,2-3H2,1H3,(H,8,10,11). The number of imide groups is 1. The SMILES string of the molecule is CN1C2CC(=O)NC(=O)C1C2. The van der Waals surface area contributed by atoms with Crippen LogP contribution in [0.1, 0.15) is 12.8 Å². The number of likely N-dealkylation sites (N-methyl/N-ethyl adjacent to an activating group) is 1. The first kappa shape index (κ1) is 6.79. The zero-order valence-corrected chi connectivity index (χ0v) is 6.33. The molecule has 0 saturated carbocycles. The van der Waals surface area contributed by atoms with Crippen LogP contribution < -0.4 is 5.32 Å². The molecular weight excluding hydrogens is 144 g/mol. The molecule has 11 heavy (non-hydrogen) atoms. The molecule has 0 aromatic carbocycles. The van der Waals surface area contributed by atoms with E-state index in [-0.39, 0.29) is 17.9 Å². The van der Waals surface area contributed by atoms with Gasteiger partial charge in [-0.2, -0.15) is 0 Å². The van der Waals surface area contributed by atoms with Crippen LogP contribution >= 0.6 is 0 Å². The summed E-state index contributed by atoms with van der Waals surface area (Å²) in [6.07, 6.45) is 1.31. The monoisotopic (exact) mass is 154 g/mol. The van der Waals surface area contributed by atoms with Crippen LogP contribution in [0, 0.1) is 0 Å². The van der Waals surface area contributed by atoms with Crippen molar-refractivity contribution in [2.24, 2.45) is 0 Å². The fourth-order valence-corrected chi connectivity index (χ4v) is 1.71.